The molecule has 2 heterocycles. The monoisotopic (exact) mass is 488 g/mol. The molecule has 0 aliphatic carbocycles. The van der Waals surface area contributed by atoms with E-state index in [1.807, 2.05) is 31.2 Å². The molecular formula is C24H32N4O5S. The molecule has 0 spiro atoms. The molecule has 0 unspecified atom stereocenters. The number of thiazole rings is 1. The van der Waals surface area contributed by atoms with Gasteiger partial charge >= 0.3 is 6.09 Å². The van der Waals surface area contributed by atoms with E-state index in [0.717, 1.165) is 16.3 Å². The highest BCUT2D eigenvalue weighted by atomic mass is 32.1. The van der Waals surface area contributed by atoms with Crippen LogP contribution in [0, 0.1) is 0 Å². The third-order valence-corrected chi connectivity index (χ3v) is 6.29. The zero-order chi connectivity index (χ0) is 24.3. The predicted octanol–water partition coefficient (Wildman–Crippen LogP) is 3.46. The molecule has 0 atom stereocenters. The van der Waals surface area contributed by atoms with Crippen molar-refractivity contribution in [2.24, 2.45) is 0 Å². The first kappa shape index (κ1) is 25.5. The van der Waals surface area contributed by atoms with Crippen molar-refractivity contribution >= 4 is 29.2 Å². The minimum atomic E-state index is -0.297. The molecule has 0 saturated carbocycles. The van der Waals surface area contributed by atoms with Crippen molar-refractivity contribution in [1.29, 1.82) is 0 Å². The molecule has 3 amide bonds. The number of amides is 3. The van der Waals surface area contributed by atoms with E-state index in [4.69, 9.17) is 9.47 Å². The van der Waals surface area contributed by atoms with Gasteiger partial charge in [0.25, 0.3) is 5.91 Å². The molecule has 0 bridgehead atoms. The molecule has 2 N–H and O–H groups in total. The Kier molecular flexibility index (Phi) is 9.69. The molecule has 2 aromatic rings. The zero-order valence-corrected chi connectivity index (χ0v) is 20.5. The number of nitrogens with zero attached hydrogens (tertiary/aromatic N) is 2. The van der Waals surface area contributed by atoms with Crippen LogP contribution in [0.5, 0.6) is 5.75 Å². The Balaban J connectivity index is 1.34. The first-order chi connectivity index (χ1) is 16.5. The molecular weight excluding hydrogens is 456 g/mol. The first-order valence-electron chi connectivity index (χ1n) is 11.7. The maximum Gasteiger partial charge on any atom is 0.409 e. The van der Waals surface area contributed by atoms with Crippen molar-refractivity contribution in [2.75, 3.05) is 32.8 Å². The van der Waals surface area contributed by atoms with Gasteiger partial charge in [0.05, 0.1) is 13.2 Å². The second-order valence-electron chi connectivity index (χ2n) is 7.88. The average Bonchev–Trinajstić information content (AvgIpc) is 3.33. The minimum absolute atomic E-state index is 0.0460. The fraction of sp³-hybridized carbons (Fsp3) is 0.500. The Bertz CT molecular complexity index is 955. The summed E-state index contributed by atoms with van der Waals surface area (Å²) in [5.41, 5.74) is 1.30. The molecule has 34 heavy (non-hydrogen) atoms. The van der Waals surface area contributed by atoms with Crippen LogP contribution in [0.25, 0.3) is 10.6 Å². The van der Waals surface area contributed by atoms with Crippen molar-refractivity contribution in [3.05, 3.63) is 35.3 Å². The van der Waals surface area contributed by atoms with E-state index >= 15 is 0 Å². The van der Waals surface area contributed by atoms with Crippen LogP contribution in [0.1, 0.15) is 50.0 Å². The van der Waals surface area contributed by atoms with E-state index in [0.29, 0.717) is 64.2 Å². The average molecular weight is 489 g/mol. The number of carbonyl (C=O) groups excluding carboxylic acids is 3. The smallest absolute Gasteiger partial charge is 0.409 e. The number of hydrogen-bond acceptors (Lipinski definition) is 7. The topological polar surface area (TPSA) is 110 Å². The Morgan fingerprint density at radius 1 is 1.12 bits per heavy atom. The van der Waals surface area contributed by atoms with Gasteiger partial charge in [-0.2, -0.15) is 0 Å². The van der Waals surface area contributed by atoms with Crippen LogP contribution in [0.15, 0.2) is 29.6 Å². The quantitative estimate of drug-likeness (QED) is 0.496. The Morgan fingerprint density at radius 2 is 1.85 bits per heavy atom. The molecule has 9 nitrogen and oxygen atoms in total. The zero-order valence-electron chi connectivity index (χ0n) is 19.7. The first-order valence-corrected chi connectivity index (χ1v) is 12.6. The lowest BCUT2D eigenvalue weighted by Crippen LogP contribution is -2.46. The molecule has 3 rings (SSSR count). The van der Waals surface area contributed by atoms with Gasteiger partial charge in [-0.05, 0) is 57.4 Å². The summed E-state index contributed by atoms with van der Waals surface area (Å²) in [6.07, 6.45) is 1.99. The van der Waals surface area contributed by atoms with E-state index in [1.54, 1.807) is 17.2 Å². The summed E-state index contributed by atoms with van der Waals surface area (Å²) < 4.78 is 10.5. The van der Waals surface area contributed by atoms with Gasteiger partial charge in [0, 0.05) is 43.0 Å². The number of benzene rings is 1. The molecule has 0 radical (unpaired) electrons. The lowest BCUT2D eigenvalue weighted by Gasteiger charge is -2.31. The van der Waals surface area contributed by atoms with Gasteiger partial charge in [-0.1, -0.05) is 0 Å². The summed E-state index contributed by atoms with van der Waals surface area (Å²) in [6, 6.07) is 7.67. The third-order valence-electron chi connectivity index (χ3n) is 5.40. The van der Waals surface area contributed by atoms with E-state index in [-0.39, 0.29) is 23.9 Å². The lowest BCUT2D eigenvalue weighted by atomic mass is 10.1. The number of hydrogen-bond donors (Lipinski definition) is 2. The van der Waals surface area contributed by atoms with E-state index in [2.05, 4.69) is 15.6 Å². The van der Waals surface area contributed by atoms with Gasteiger partial charge in [0.1, 0.15) is 16.5 Å². The number of likely N-dealkylation sites (tertiary alicyclic amines) is 1. The highest BCUT2D eigenvalue weighted by Gasteiger charge is 2.24. The molecule has 1 aromatic carbocycles. The van der Waals surface area contributed by atoms with Crippen LogP contribution in [0.2, 0.25) is 0 Å². The van der Waals surface area contributed by atoms with E-state index < -0.39 is 0 Å². The summed E-state index contributed by atoms with van der Waals surface area (Å²) in [5.74, 6) is 0.502. The highest BCUT2D eigenvalue weighted by molar-refractivity contribution is 7.13. The third kappa shape index (κ3) is 7.44. The summed E-state index contributed by atoms with van der Waals surface area (Å²) in [4.78, 5) is 42.4. The molecule has 10 heteroatoms. The van der Waals surface area contributed by atoms with Gasteiger partial charge in [-0.3, -0.25) is 9.59 Å². The molecule has 1 saturated heterocycles. The van der Waals surface area contributed by atoms with Gasteiger partial charge in [-0.15, -0.1) is 11.3 Å². The fourth-order valence-corrected chi connectivity index (χ4v) is 4.44. The van der Waals surface area contributed by atoms with Crippen LogP contribution in [0.4, 0.5) is 4.79 Å². The number of aromatic nitrogens is 1. The van der Waals surface area contributed by atoms with Crippen molar-refractivity contribution in [3.8, 4) is 16.3 Å². The van der Waals surface area contributed by atoms with Gasteiger partial charge in [-0.25, -0.2) is 9.78 Å². The Hall–Kier alpha value is -3.14. The highest BCUT2D eigenvalue weighted by Crippen LogP contribution is 2.25. The van der Waals surface area contributed by atoms with Crippen molar-refractivity contribution in [1.82, 2.24) is 20.5 Å². The van der Waals surface area contributed by atoms with Crippen molar-refractivity contribution in [3.63, 3.8) is 0 Å². The standard InChI is InChI=1S/C24H32N4O5S/c1-3-32-19-9-7-17(8-10-19)23-27-20(16-34-23)22(30)25-13-5-6-21(29)26-18-11-14-28(15-12-18)24(31)33-4-2/h7-10,16,18H,3-6,11-15H2,1-2H3,(H,25,30)(H,26,29). The molecule has 1 fully saturated rings. The van der Waals surface area contributed by atoms with Crippen LogP contribution < -0.4 is 15.4 Å². The summed E-state index contributed by atoms with van der Waals surface area (Å²) >= 11 is 1.41. The SMILES string of the molecule is CCOC(=O)N1CCC(NC(=O)CCCNC(=O)c2csc(-c3ccc(OCC)cc3)n2)CC1. The maximum atomic E-state index is 12.4. The largest absolute Gasteiger partial charge is 0.494 e. The second-order valence-corrected chi connectivity index (χ2v) is 8.74. The lowest BCUT2D eigenvalue weighted by molar-refractivity contribution is -0.122. The number of rotatable bonds is 10. The van der Waals surface area contributed by atoms with Crippen LogP contribution in [-0.2, 0) is 9.53 Å². The number of ether oxygens (including phenoxy) is 2. The maximum absolute atomic E-state index is 12.4. The molecule has 1 aliphatic rings. The summed E-state index contributed by atoms with van der Waals surface area (Å²) in [6.45, 7) is 6.23. The summed E-state index contributed by atoms with van der Waals surface area (Å²) in [7, 11) is 0. The van der Waals surface area contributed by atoms with Crippen LogP contribution in [0.3, 0.4) is 0 Å². The molecule has 184 valence electrons. The minimum Gasteiger partial charge on any atom is -0.494 e. The van der Waals surface area contributed by atoms with Crippen LogP contribution >= 0.6 is 11.3 Å². The normalized spacial score (nSPS) is 13.9. The van der Waals surface area contributed by atoms with Gasteiger partial charge in [0.2, 0.25) is 5.91 Å². The Morgan fingerprint density at radius 3 is 2.53 bits per heavy atom. The summed E-state index contributed by atoms with van der Waals surface area (Å²) in [5, 5.41) is 8.34. The van der Waals surface area contributed by atoms with E-state index in [9.17, 15) is 14.4 Å². The van der Waals surface area contributed by atoms with Gasteiger partial charge < -0.3 is 25.0 Å². The molecule has 1 aliphatic heterocycles. The van der Waals surface area contributed by atoms with E-state index in [1.165, 1.54) is 11.3 Å². The van der Waals surface area contributed by atoms with Crippen LogP contribution in [-0.4, -0.2) is 66.7 Å². The predicted molar refractivity (Wildman–Crippen MR) is 130 cm³/mol. The Labute approximate surface area is 203 Å². The molecule has 1 aromatic heterocycles. The fourth-order valence-electron chi connectivity index (χ4n) is 3.63. The number of nitrogens with one attached hydrogen (secondary N) is 2. The van der Waals surface area contributed by atoms with Gasteiger partial charge in [0.15, 0.2) is 0 Å². The second kappa shape index (κ2) is 12.9. The van der Waals surface area contributed by atoms with Crippen molar-refractivity contribution in [2.45, 2.75) is 45.6 Å². The van der Waals surface area contributed by atoms with Crippen molar-refractivity contribution < 1.29 is 23.9 Å². The number of carbonyl (C=O) groups is 3. The number of piperidine rings is 1.